The number of carbonyl (C=O) groups is 1. The molecule has 0 aliphatic heterocycles. The number of hydrogen-bond acceptors (Lipinski definition) is 4. The van der Waals surface area contributed by atoms with Crippen LogP contribution in [0.25, 0.3) is 0 Å². The molecule has 1 N–H and O–H groups in total. The summed E-state index contributed by atoms with van der Waals surface area (Å²) >= 11 is 1.44. The number of rotatable bonds is 5. The van der Waals surface area contributed by atoms with Gasteiger partial charge in [0.15, 0.2) is 0 Å². The van der Waals surface area contributed by atoms with E-state index in [4.69, 9.17) is 4.42 Å². The second kappa shape index (κ2) is 6.05. The van der Waals surface area contributed by atoms with Crippen molar-refractivity contribution >= 4 is 23.4 Å². The largest absolute Gasteiger partial charge is 0.478 e. The number of anilines is 1. The summed E-state index contributed by atoms with van der Waals surface area (Å²) in [5.41, 5.74) is 2.12. The van der Waals surface area contributed by atoms with Crippen LogP contribution < -0.4 is 4.90 Å². The van der Waals surface area contributed by atoms with E-state index < -0.39 is 5.97 Å². The third kappa shape index (κ3) is 2.82. The summed E-state index contributed by atoms with van der Waals surface area (Å²) in [5, 5.41) is 9.45. The number of benzene rings is 1. The molecule has 0 unspecified atom stereocenters. The van der Waals surface area contributed by atoms with Crippen molar-refractivity contribution in [1.29, 1.82) is 0 Å². The second-order valence-electron chi connectivity index (χ2n) is 4.52. The Bertz CT molecular complexity index is 621. The standard InChI is InChI=1S/C15H17NO3S/c1-10-11(7-8-19-10)9-16(2)12-5-4-6-13(20-3)14(12)15(17)18/h4-8H,9H2,1-3H3,(H,17,18). The van der Waals surface area contributed by atoms with Crippen LogP contribution in [-0.2, 0) is 6.54 Å². The molecule has 1 aromatic carbocycles. The smallest absolute Gasteiger partial charge is 0.338 e. The number of aryl methyl sites for hydroxylation is 1. The van der Waals surface area contributed by atoms with Crippen molar-refractivity contribution in [3.63, 3.8) is 0 Å². The van der Waals surface area contributed by atoms with E-state index in [0.717, 1.165) is 16.2 Å². The van der Waals surface area contributed by atoms with Gasteiger partial charge in [0.05, 0.1) is 17.5 Å². The number of aromatic carboxylic acids is 1. The molecule has 20 heavy (non-hydrogen) atoms. The number of thioether (sulfide) groups is 1. The van der Waals surface area contributed by atoms with Gasteiger partial charge >= 0.3 is 5.97 Å². The van der Waals surface area contributed by atoms with Crippen LogP contribution in [0, 0.1) is 6.92 Å². The Morgan fingerprint density at radius 1 is 1.40 bits per heavy atom. The molecular formula is C15H17NO3S. The fraction of sp³-hybridized carbons (Fsp3) is 0.267. The average molecular weight is 291 g/mol. The first kappa shape index (κ1) is 14.5. The van der Waals surface area contributed by atoms with Gasteiger partial charge in [0.25, 0.3) is 0 Å². The molecule has 0 radical (unpaired) electrons. The summed E-state index contributed by atoms with van der Waals surface area (Å²) in [6.07, 6.45) is 3.53. The number of carboxylic acids is 1. The van der Waals surface area contributed by atoms with Crippen molar-refractivity contribution in [3.05, 3.63) is 47.4 Å². The number of carboxylic acid groups (broad SMARTS) is 1. The van der Waals surface area contributed by atoms with Crippen LogP contribution in [0.2, 0.25) is 0 Å². The van der Waals surface area contributed by atoms with E-state index in [-0.39, 0.29) is 0 Å². The van der Waals surface area contributed by atoms with Crippen molar-refractivity contribution in [1.82, 2.24) is 0 Å². The summed E-state index contributed by atoms with van der Waals surface area (Å²) in [6.45, 7) is 2.51. The Morgan fingerprint density at radius 3 is 2.70 bits per heavy atom. The van der Waals surface area contributed by atoms with E-state index in [1.165, 1.54) is 11.8 Å². The highest BCUT2D eigenvalue weighted by Crippen LogP contribution is 2.30. The first-order valence-electron chi connectivity index (χ1n) is 6.19. The van der Waals surface area contributed by atoms with Gasteiger partial charge in [0, 0.05) is 24.1 Å². The monoisotopic (exact) mass is 291 g/mol. The van der Waals surface area contributed by atoms with Crippen molar-refractivity contribution in [3.8, 4) is 0 Å². The minimum Gasteiger partial charge on any atom is -0.478 e. The molecule has 0 amide bonds. The molecule has 2 rings (SSSR count). The Balaban J connectivity index is 2.37. The van der Waals surface area contributed by atoms with E-state index in [2.05, 4.69) is 0 Å². The molecule has 0 saturated carbocycles. The van der Waals surface area contributed by atoms with E-state index in [1.54, 1.807) is 6.26 Å². The van der Waals surface area contributed by atoms with Crippen LogP contribution in [0.5, 0.6) is 0 Å². The lowest BCUT2D eigenvalue weighted by molar-refractivity contribution is 0.0694. The maximum atomic E-state index is 11.5. The predicted molar refractivity (Wildman–Crippen MR) is 80.7 cm³/mol. The van der Waals surface area contributed by atoms with Crippen LogP contribution in [0.3, 0.4) is 0 Å². The molecule has 4 nitrogen and oxygen atoms in total. The van der Waals surface area contributed by atoms with Crippen molar-refractivity contribution in [2.75, 3.05) is 18.2 Å². The first-order chi connectivity index (χ1) is 9.54. The third-order valence-corrected chi connectivity index (χ3v) is 4.00. The maximum Gasteiger partial charge on any atom is 0.338 e. The predicted octanol–water partition coefficient (Wildman–Crippen LogP) is 3.64. The molecule has 0 fully saturated rings. The van der Waals surface area contributed by atoms with Crippen molar-refractivity contribution < 1.29 is 14.3 Å². The molecule has 1 heterocycles. The van der Waals surface area contributed by atoms with Crippen LogP contribution >= 0.6 is 11.8 Å². The summed E-state index contributed by atoms with van der Waals surface area (Å²) in [5.74, 6) is -0.0459. The Labute approximate surface area is 122 Å². The maximum absolute atomic E-state index is 11.5. The molecule has 0 atom stereocenters. The molecular weight excluding hydrogens is 274 g/mol. The highest BCUT2D eigenvalue weighted by atomic mass is 32.2. The van der Waals surface area contributed by atoms with Crippen molar-refractivity contribution in [2.24, 2.45) is 0 Å². The van der Waals surface area contributed by atoms with Crippen LogP contribution in [0.15, 0.2) is 39.8 Å². The summed E-state index contributed by atoms with van der Waals surface area (Å²) in [4.78, 5) is 14.2. The highest BCUT2D eigenvalue weighted by molar-refractivity contribution is 7.98. The zero-order chi connectivity index (χ0) is 14.7. The summed E-state index contributed by atoms with van der Waals surface area (Å²) in [6, 6.07) is 7.45. The number of nitrogens with zero attached hydrogens (tertiary/aromatic N) is 1. The van der Waals surface area contributed by atoms with E-state index in [9.17, 15) is 9.90 Å². The summed E-state index contributed by atoms with van der Waals surface area (Å²) in [7, 11) is 1.89. The van der Waals surface area contributed by atoms with Gasteiger partial charge in [-0.2, -0.15) is 0 Å². The lowest BCUT2D eigenvalue weighted by Gasteiger charge is -2.22. The first-order valence-corrected chi connectivity index (χ1v) is 7.41. The SMILES string of the molecule is CSc1cccc(N(C)Cc2ccoc2C)c1C(=O)O. The van der Waals surface area contributed by atoms with Gasteiger partial charge in [0.1, 0.15) is 5.76 Å². The molecule has 1 aromatic heterocycles. The lowest BCUT2D eigenvalue weighted by atomic mass is 10.1. The van der Waals surface area contributed by atoms with Gasteiger partial charge in [0.2, 0.25) is 0 Å². The Hall–Kier alpha value is -1.88. The van der Waals surface area contributed by atoms with Gasteiger partial charge in [-0.1, -0.05) is 6.07 Å². The highest BCUT2D eigenvalue weighted by Gasteiger charge is 2.18. The van der Waals surface area contributed by atoms with Gasteiger partial charge in [-0.3, -0.25) is 0 Å². The average Bonchev–Trinajstić information content (AvgIpc) is 2.83. The molecule has 0 aliphatic carbocycles. The molecule has 0 spiro atoms. The minimum absolute atomic E-state index is 0.351. The molecule has 0 aliphatic rings. The van der Waals surface area contributed by atoms with E-state index in [1.807, 2.05) is 49.4 Å². The minimum atomic E-state index is -0.902. The zero-order valence-corrected chi connectivity index (χ0v) is 12.5. The topological polar surface area (TPSA) is 53.7 Å². The Morgan fingerprint density at radius 2 is 2.15 bits per heavy atom. The molecule has 2 aromatic rings. The van der Waals surface area contributed by atoms with Gasteiger partial charge < -0.3 is 14.4 Å². The Kier molecular flexibility index (Phi) is 4.39. The van der Waals surface area contributed by atoms with Gasteiger partial charge in [-0.15, -0.1) is 11.8 Å². The van der Waals surface area contributed by atoms with Crippen molar-refractivity contribution in [2.45, 2.75) is 18.4 Å². The van der Waals surface area contributed by atoms with E-state index >= 15 is 0 Å². The molecule has 106 valence electrons. The van der Waals surface area contributed by atoms with Crippen LogP contribution in [0.1, 0.15) is 21.7 Å². The number of hydrogen-bond donors (Lipinski definition) is 1. The quantitative estimate of drug-likeness (QED) is 0.852. The molecule has 0 saturated heterocycles. The van der Waals surface area contributed by atoms with Gasteiger partial charge in [-0.05, 0) is 31.4 Å². The van der Waals surface area contributed by atoms with Crippen LogP contribution in [0.4, 0.5) is 5.69 Å². The fourth-order valence-electron chi connectivity index (χ4n) is 2.14. The van der Waals surface area contributed by atoms with Crippen LogP contribution in [-0.4, -0.2) is 24.4 Å². The van der Waals surface area contributed by atoms with E-state index in [0.29, 0.717) is 17.8 Å². The lowest BCUT2D eigenvalue weighted by Crippen LogP contribution is -2.20. The normalized spacial score (nSPS) is 10.6. The summed E-state index contributed by atoms with van der Waals surface area (Å²) < 4.78 is 5.28. The van der Waals surface area contributed by atoms with Gasteiger partial charge in [-0.25, -0.2) is 4.79 Å². The number of furan rings is 1. The second-order valence-corrected chi connectivity index (χ2v) is 5.37. The zero-order valence-electron chi connectivity index (χ0n) is 11.7. The third-order valence-electron chi connectivity index (χ3n) is 3.22. The fourth-order valence-corrected chi connectivity index (χ4v) is 2.75. The molecule has 0 bridgehead atoms. The molecule has 5 heteroatoms.